The smallest absolute Gasteiger partial charge is 0.228 e. The summed E-state index contributed by atoms with van der Waals surface area (Å²) in [5.74, 6) is 0.535. The first-order valence-electron chi connectivity index (χ1n) is 10.0. The number of anilines is 3. The standard InChI is InChI=1S/C21H25ClN6O2/c1-25(2)18-12-19(24-23-13-18)26-7-9-27(10-8-26)21(30)15-11-20(29)28(14-15)17-5-3-16(22)4-6-17/h3-6,12-13,15H,7-11,14H2,1-2H3. The second-order valence-corrected chi connectivity index (χ2v) is 8.30. The first-order valence-corrected chi connectivity index (χ1v) is 10.4. The monoisotopic (exact) mass is 428 g/mol. The van der Waals surface area contributed by atoms with Gasteiger partial charge >= 0.3 is 0 Å². The lowest BCUT2D eigenvalue weighted by molar-refractivity contribution is -0.136. The topological polar surface area (TPSA) is 72.9 Å². The number of hydrogen-bond acceptors (Lipinski definition) is 6. The average Bonchev–Trinajstić information content (AvgIpc) is 3.15. The highest BCUT2D eigenvalue weighted by atomic mass is 35.5. The Bertz CT molecular complexity index is 927. The van der Waals surface area contributed by atoms with Gasteiger partial charge in [-0.2, -0.15) is 5.10 Å². The highest BCUT2D eigenvalue weighted by Crippen LogP contribution is 2.28. The van der Waals surface area contributed by atoms with Crippen molar-refractivity contribution >= 4 is 40.6 Å². The van der Waals surface area contributed by atoms with Gasteiger partial charge in [0.25, 0.3) is 0 Å². The molecule has 1 atom stereocenters. The predicted octanol–water partition coefficient (Wildman–Crippen LogP) is 1.90. The van der Waals surface area contributed by atoms with Crippen LogP contribution < -0.4 is 14.7 Å². The molecule has 2 aliphatic heterocycles. The summed E-state index contributed by atoms with van der Waals surface area (Å²) < 4.78 is 0. The van der Waals surface area contributed by atoms with Crippen LogP contribution in [0.4, 0.5) is 17.2 Å². The fraction of sp³-hybridized carbons (Fsp3) is 0.429. The van der Waals surface area contributed by atoms with Crippen LogP contribution in [-0.2, 0) is 9.59 Å². The number of halogens is 1. The molecule has 1 aromatic carbocycles. The Labute approximate surface area is 181 Å². The Morgan fingerprint density at radius 3 is 2.50 bits per heavy atom. The van der Waals surface area contributed by atoms with E-state index in [2.05, 4.69) is 15.1 Å². The van der Waals surface area contributed by atoms with Crippen molar-refractivity contribution in [3.05, 3.63) is 41.6 Å². The molecule has 9 heteroatoms. The number of carbonyl (C=O) groups is 2. The molecular formula is C21H25ClN6O2. The fourth-order valence-electron chi connectivity index (χ4n) is 3.90. The first-order chi connectivity index (χ1) is 14.4. The molecular weight excluding hydrogens is 404 g/mol. The Balaban J connectivity index is 1.36. The molecule has 2 aliphatic rings. The summed E-state index contributed by atoms with van der Waals surface area (Å²) in [6.07, 6.45) is 1.98. The molecule has 2 saturated heterocycles. The molecule has 0 N–H and O–H groups in total. The van der Waals surface area contributed by atoms with Crippen molar-refractivity contribution in [2.75, 3.05) is 61.5 Å². The van der Waals surface area contributed by atoms with E-state index in [4.69, 9.17) is 11.6 Å². The molecule has 0 radical (unpaired) electrons. The van der Waals surface area contributed by atoms with E-state index in [9.17, 15) is 9.59 Å². The zero-order chi connectivity index (χ0) is 21.3. The molecule has 4 rings (SSSR count). The molecule has 3 heterocycles. The maximum absolute atomic E-state index is 13.0. The van der Waals surface area contributed by atoms with Crippen LogP contribution in [0.15, 0.2) is 36.5 Å². The number of amides is 2. The van der Waals surface area contributed by atoms with E-state index >= 15 is 0 Å². The number of hydrogen-bond donors (Lipinski definition) is 0. The zero-order valence-electron chi connectivity index (χ0n) is 17.2. The Morgan fingerprint density at radius 2 is 1.83 bits per heavy atom. The molecule has 158 valence electrons. The summed E-state index contributed by atoms with van der Waals surface area (Å²) in [5.41, 5.74) is 1.77. The zero-order valence-corrected chi connectivity index (χ0v) is 17.9. The van der Waals surface area contributed by atoms with Crippen LogP contribution in [0.5, 0.6) is 0 Å². The predicted molar refractivity (Wildman–Crippen MR) is 117 cm³/mol. The molecule has 0 saturated carbocycles. The summed E-state index contributed by atoms with van der Waals surface area (Å²) in [4.78, 5) is 33.2. The average molecular weight is 429 g/mol. The maximum Gasteiger partial charge on any atom is 0.228 e. The van der Waals surface area contributed by atoms with E-state index in [1.807, 2.05) is 42.1 Å². The van der Waals surface area contributed by atoms with Gasteiger partial charge in [-0.25, -0.2) is 0 Å². The number of nitrogens with zero attached hydrogens (tertiary/aromatic N) is 6. The third-order valence-electron chi connectivity index (χ3n) is 5.67. The maximum atomic E-state index is 13.0. The fourth-order valence-corrected chi connectivity index (χ4v) is 4.03. The van der Waals surface area contributed by atoms with Crippen LogP contribution in [-0.4, -0.2) is 73.7 Å². The minimum Gasteiger partial charge on any atom is -0.376 e. The van der Waals surface area contributed by atoms with Crippen molar-refractivity contribution < 1.29 is 9.59 Å². The van der Waals surface area contributed by atoms with Crippen LogP contribution >= 0.6 is 11.6 Å². The molecule has 2 fully saturated rings. The number of piperazine rings is 1. The summed E-state index contributed by atoms with van der Waals surface area (Å²) in [6, 6.07) is 9.15. The summed E-state index contributed by atoms with van der Waals surface area (Å²) in [6.45, 7) is 3.02. The van der Waals surface area contributed by atoms with E-state index in [0.717, 1.165) is 17.2 Å². The van der Waals surface area contributed by atoms with E-state index < -0.39 is 0 Å². The third-order valence-corrected chi connectivity index (χ3v) is 5.92. The highest BCUT2D eigenvalue weighted by molar-refractivity contribution is 6.30. The van der Waals surface area contributed by atoms with Crippen LogP contribution in [0.2, 0.25) is 5.02 Å². The van der Waals surface area contributed by atoms with Crippen LogP contribution in [0.3, 0.4) is 0 Å². The third kappa shape index (κ3) is 4.18. The second-order valence-electron chi connectivity index (χ2n) is 7.86. The largest absolute Gasteiger partial charge is 0.376 e. The number of rotatable bonds is 4. The second kappa shape index (κ2) is 8.47. The molecule has 8 nitrogen and oxygen atoms in total. The van der Waals surface area contributed by atoms with Gasteiger partial charge in [-0.1, -0.05) is 11.6 Å². The lowest BCUT2D eigenvalue weighted by Crippen LogP contribution is -2.51. The Kier molecular flexibility index (Phi) is 5.76. The normalized spacial score (nSPS) is 19.4. The van der Waals surface area contributed by atoms with Crippen molar-refractivity contribution in [2.45, 2.75) is 6.42 Å². The van der Waals surface area contributed by atoms with Gasteiger partial charge in [0.15, 0.2) is 5.82 Å². The van der Waals surface area contributed by atoms with Crippen molar-refractivity contribution in [1.82, 2.24) is 15.1 Å². The van der Waals surface area contributed by atoms with Gasteiger partial charge in [-0.3, -0.25) is 9.59 Å². The van der Waals surface area contributed by atoms with E-state index in [1.54, 1.807) is 23.2 Å². The lowest BCUT2D eigenvalue weighted by atomic mass is 10.1. The molecule has 30 heavy (non-hydrogen) atoms. The molecule has 1 aromatic heterocycles. The van der Waals surface area contributed by atoms with Gasteiger partial charge in [-0.05, 0) is 24.3 Å². The van der Waals surface area contributed by atoms with Gasteiger partial charge in [-0.15, -0.1) is 5.10 Å². The number of carbonyl (C=O) groups excluding carboxylic acids is 2. The molecule has 0 spiro atoms. The lowest BCUT2D eigenvalue weighted by Gasteiger charge is -2.36. The van der Waals surface area contributed by atoms with E-state index in [1.165, 1.54) is 0 Å². The molecule has 2 amide bonds. The van der Waals surface area contributed by atoms with Gasteiger partial charge in [0.05, 0.1) is 17.8 Å². The highest BCUT2D eigenvalue weighted by Gasteiger charge is 2.38. The van der Waals surface area contributed by atoms with Crippen molar-refractivity contribution in [3.63, 3.8) is 0 Å². The van der Waals surface area contributed by atoms with Gasteiger partial charge < -0.3 is 19.6 Å². The molecule has 0 bridgehead atoms. The molecule has 0 aliphatic carbocycles. The minimum atomic E-state index is -0.309. The minimum absolute atomic E-state index is 0.0231. The van der Waals surface area contributed by atoms with Gasteiger partial charge in [0, 0.05) is 70.0 Å². The van der Waals surface area contributed by atoms with Crippen molar-refractivity contribution in [1.29, 1.82) is 0 Å². The molecule has 2 aromatic rings. The van der Waals surface area contributed by atoms with Crippen LogP contribution in [0, 0.1) is 5.92 Å². The Hall–Kier alpha value is -2.87. The van der Waals surface area contributed by atoms with Crippen molar-refractivity contribution in [3.8, 4) is 0 Å². The first kappa shape index (κ1) is 20.4. The van der Waals surface area contributed by atoms with Crippen LogP contribution in [0.25, 0.3) is 0 Å². The van der Waals surface area contributed by atoms with Gasteiger partial charge in [0.2, 0.25) is 11.8 Å². The quantitative estimate of drug-likeness (QED) is 0.740. The Morgan fingerprint density at radius 1 is 1.13 bits per heavy atom. The van der Waals surface area contributed by atoms with Crippen LogP contribution in [0.1, 0.15) is 6.42 Å². The molecule has 1 unspecified atom stereocenters. The van der Waals surface area contributed by atoms with E-state index in [0.29, 0.717) is 37.7 Å². The number of benzene rings is 1. The summed E-state index contributed by atoms with van der Waals surface area (Å²) >= 11 is 5.94. The van der Waals surface area contributed by atoms with Crippen molar-refractivity contribution in [2.24, 2.45) is 5.92 Å². The SMILES string of the molecule is CN(C)c1cnnc(N2CCN(C(=O)C3CC(=O)N(c4ccc(Cl)cc4)C3)CC2)c1. The summed E-state index contributed by atoms with van der Waals surface area (Å²) in [5, 5.41) is 8.94. The summed E-state index contributed by atoms with van der Waals surface area (Å²) in [7, 11) is 3.93. The number of aromatic nitrogens is 2. The van der Waals surface area contributed by atoms with E-state index in [-0.39, 0.29) is 24.2 Å². The van der Waals surface area contributed by atoms with Gasteiger partial charge in [0.1, 0.15) is 0 Å².